The lowest BCUT2D eigenvalue weighted by Gasteiger charge is -2.12. The van der Waals surface area contributed by atoms with Crippen LogP contribution in [-0.4, -0.2) is 30.2 Å². The molecule has 94 valence electrons. The second-order valence-corrected chi connectivity index (χ2v) is 4.53. The van der Waals surface area contributed by atoms with Crippen LogP contribution in [0.3, 0.4) is 0 Å². The maximum Gasteiger partial charge on any atom is 0.345 e. The van der Waals surface area contributed by atoms with Gasteiger partial charge in [-0.15, -0.1) is 0 Å². The van der Waals surface area contributed by atoms with Crippen LogP contribution in [0.25, 0.3) is 10.9 Å². The van der Waals surface area contributed by atoms with E-state index < -0.39 is 0 Å². The third-order valence-electron chi connectivity index (χ3n) is 3.43. The van der Waals surface area contributed by atoms with E-state index in [-0.39, 0.29) is 5.69 Å². The first-order valence-electron chi connectivity index (χ1n) is 6.06. The monoisotopic (exact) mass is 245 g/mol. The van der Waals surface area contributed by atoms with Crippen molar-refractivity contribution in [1.29, 1.82) is 0 Å². The Hall–Kier alpha value is -1.88. The Labute approximate surface area is 104 Å². The Morgan fingerprint density at radius 3 is 3.06 bits per heavy atom. The zero-order valence-electron chi connectivity index (χ0n) is 10.2. The molecule has 0 aliphatic carbocycles. The van der Waals surface area contributed by atoms with Gasteiger partial charge in [-0.2, -0.15) is 4.98 Å². The van der Waals surface area contributed by atoms with Gasteiger partial charge in [0.25, 0.3) is 0 Å². The number of aromatic nitrogens is 2. The lowest BCUT2D eigenvalue weighted by Crippen LogP contribution is -2.17. The molecule has 2 N–H and O–H groups in total. The van der Waals surface area contributed by atoms with Gasteiger partial charge in [0.15, 0.2) is 0 Å². The molecule has 0 bridgehead atoms. The predicted octanol–water partition coefficient (Wildman–Crippen LogP) is 1.01. The van der Waals surface area contributed by atoms with E-state index in [4.69, 9.17) is 4.74 Å². The fourth-order valence-corrected chi connectivity index (χ4v) is 2.50. The Bertz CT molecular complexity index is 630. The van der Waals surface area contributed by atoms with Crippen LogP contribution < -0.4 is 15.7 Å². The first kappa shape index (κ1) is 11.2. The Balaban J connectivity index is 2.20. The van der Waals surface area contributed by atoms with Crippen molar-refractivity contribution < 1.29 is 4.74 Å². The van der Waals surface area contributed by atoms with Gasteiger partial charge in [0, 0.05) is 29.6 Å². The number of hydrogen-bond donors (Lipinski definition) is 2. The molecule has 18 heavy (non-hydrogen) atoms. The van der Waals surface area contributed by atoms with Crippen LogP contribution in [0, 0.1) is 0 Å². The average molecular weight is 245 g/mol. The minimum Gasteiger partial charge on any atom is -0.497 e. The zero-order valence-corrected chi connectivity index (χ0v) is 10.2. The van der Waals surface area contributed by atoms with Gasteiger partial charge in [-0.25, -0.2) is 4.79 Å². The topological polar surface area (TPSA) is 67.0 Å². The standard InChI is InChI=1S/C13H15N3O2/c1-18-9-2-3-10-11(6-9)15-13(17)16-12(10)8-4-5-14-7-8/h2-3,6,8,14H,4-5,7H2,1H3,(H,15,16,17). The molecule has 1 aromatic carbocycles. The zero-order chi connectivity index (χ0) is 12.5. The lowest BCUT2D eigenvalue weighted by molar-refractivity contribution is 0.415. The molecule has 1 saturated heterocycles. The van der Waals surface area contributed by atoms with Crippen molar-refractivity contribution in [2.75, 3.05) is 20.2 Å². The van der Waals surface area contributed by atoms with Crippen molar-refractivity contribution in [3.05, 3.63) is 34.4 Å². The van der Waals surface area contributed by atoms with E-state index in [0.717, 1.165) is 36.3 Å². The summed E-state index contributed by atoms with van der Waals surface area (Å²) in [6.07, 6.45) is 1.04. The Morgan fingerprint density at radius 1 is 1.44 bits per heavy atom. The summed E-state index contributed by atoms with van der Waals surface area (Å²) in [7, 11) is 1.61. The maximum atomic E-state index is 11.6. The molecule has 1 aliphatic heterocycles. The summed E-state index contributed by atoms with van der Waals surface area (Å²) < 4.78 is 5.16. The maximum absolute atomic E-state index is 11.6. The van der Waals surface area contributed by atoms with Crippen LogP contribution in [0.5, 0.6) is 5.75 Å². The van der Waals surface area contributed by atoms with Crippen LogP contribution in [-0.2, 0) is 0 Å². The van der Waals surface area contributed by atoms with E-state index >= 15 is 0 Å². The SMILES string of the molecule is COc1ccc2c(C3CCNC3)[nH]c(=O)nc2c1. The number of benzene rings is 1. The second-order valence-electron chi connectivity index (χ2n) is 4.53. The molecule has 5 nitrogen and oxygen atoms in total. The fraction of sp³-hybridized carbons (Fsp3) is 0.385. The largest absolute Gasteiger partial charge is 0.497 e. The fourth-order valence-electron chi connectivity index (χ4n) is 2.50. The Kier molecular flexibility index (Phi) is 2.76. The number of aromatic amines is 1. The van der Waals surface area contributed by atoms with Gasteiger partial charge in [-0.1, -0.05) is 0 Å². The highest BCUT2D eigenvalue weighted by Gasteiger charge is 2.20. The number of methoxy groups -OCH3 is 1. The average Bonchev–Trinajstić information content (AvgIpc) is 2.90. The smallest absolute Gasteiger partial charge is 0.345 e. The summed E-state index contributed by atoms with van der Waals surface area (Å²) in [4.78, 5) is 18.5. The van der Waals surface area contributed by atoms with Crippen molar-refractivity contribution in [2.24, 2.45) is 0 Å². The van der Waals surface area contributed by atoms with Crippen molar-refractivity contribution >= 4 is 10.9 Å². The van der Waals surface area contributed by atoms with Gasteiger partial charge >= 0.3 is 5.69 Å². The van der Waals surface area contributed by atoms with Gasteiger partial charge in [0.2, 0.25) is 0 Å². The molecule has 5 heteroatoms. The van der Waals surface area contributed by atoms with Crippen LogP contribution in [0.4, 0.5) is 0 Å². The number of rotatable bonds is 2. The first-order valence-corrected chi connectivity index (χ1v) is 6.06. The van der Waals surface area contributed by atoms with E-state index in [2.05, 4.69) is 15.3 Å². The van der Waals surface area contributed by atoms with Crippen molar-refractivity contribution in [1.82, 2.24) is 15.3 Å². The van der Waals surface area contributed by atoms with Gasteiger partial charge in [-0.05, 0) is 25.1 Å². The van der Waals surface area contributed by atoms with Gasteiger partial charge in [0.05, 0.1) is 12.6 Å². The summed E-state index contributed by atoms with van der Waals surface area (Å²) >= 11 is 0. The molecule has 3 rings (SSSR count). The molecular weight excluding hydrogens is 230 g/mol. The minimum atomic E-state index is -0.294. The molecule has 2 heterocycles. The van der Waals surface area contributed by atoms with Gasteiger partial charge in [-0.3, -0.25) is 0 Å². The van der Waals surface area contributed by atoms with Gasteiger partial charge < -0.3 is 15.0 Å². The Morgan fingerprint density at radius 2 is 2.33 bits per heavy atom. The highest BCUT2D eigenvalue weighted by atomic mass is 16.5. The molecule has 0 amide bonds. The molecule has 1 aliphatic rings. The highest BCUT2D eigenvalue weighted by molar-refractivity contribution is 5.82. The number of ether oxygens (including phenoxy) is 1. The quantitative estimate of drug-likeness (QED) is 0.828. The van der Waals surface area contributed by atoms with Crippen LogP contribution >= 0.6 is 0 Å². The number of fused-ring (bicyclic) bond motifs is 1. The van der Waals surface area contributed by atoms with Crippen LogP contribution in [0.2, 0.25) is 0 Å². The molecule has 1 unspecified atom stereocenters. The normalized spacial score (nSPS) is 19.3. The van der Waals surface area contributed by atoms with E-state index in [1.807, 2.05) is 12.1 Å². The number of hydrogen-bond acceptors (Lipinski definition) is 4. The minimum absolute atomic E-state index is 0.294. The molecule has 1 fully saturated rings. The summed E-state index contributed by atoms with van der Waals surface area (Å²) in [6, 6.07) is 5.66. The number of nitrogens with zero attached hydrogens (tertiary/aromatic N) is 1. The summed E-state index contributed by atoms with van der Waals surface area (Å²) in [5, 5.41) is 4.31. The summed E-state index contributed by atoms with van der Waals surface area (Å²) in [5.41, 5.74) is 1.38. The van der Waals surface area contributed by atoms with Crippen molar-refractivity contribution in [2.45, 2.75) is 12.3 Å². The molecule has 1 aromatic heterocycles. The molecule has 1 atom stereocenters. The van der Waals surface area contributed by atoms with Crippen molar-refractivity contribution in [3.8, 4) is 5.75 Å². The van der Waals surface area contributed by atoms with Crippen molar-refractivity contribution in [3.63, 3.8) is 0 Å². The van der Waals surface area contributed by atoms with Gasteiger partial charge in [0.1, 0.15) is 5.75 Å². The molecule has 0 spiro atoms. The molecule has 2 aromatic rings. The molecule has 0 radical (unpaired) electrons. The second kappa shape index (κ2) is 4.42. The molecule has 0 saturated carbocycles. The van der Waals surface area contributed by atoms with E-state index in [1.165, 1.54) is 0 Å². The van der Waals surface area contributed by atoms with E-state index in [9.17, 15) is 4.79 Å². The number of H-pyrrole nitrogens is 1. The van der Waals surface area contributed by atoms with Crippen LogP contribution in [0.1, 0.15) is 18.0 Å². The molecular formula is C13H15N3O2. The van der Waals surface area contributed by atoms with Crippen LogP contribution in [0.15, 0.2) is 23.0 Å². The summed E-state index contributed by atoms with van der Waals surface area (Å²) in [5.74, 6) is 1.08. The third-order valence-corrected chi connectivity index (χ3v) is 3.43. The predicted molar refractivity (Wildman–Crippen MR) is 69.1 cm³/mol. The summed E-state index contributed by atoms with van der Waals surface area (Å²) in [6.45, 7) is 1.90. The highest BCUT2D eigenvalue weighted by Crippen LogP contribution is 2.27. The van der Waals surface area contributed by atoms with E-state index in [1.54, 1.807) is 13.2 Å². The lowest BCUT2D eigenvalue weighted by atomic mass is 10.00. The number of nitrogens with one attached hydrogen (secondary N) is 2. The van der Waals surface area contributed by atoms with E-state index in [0.29, 0.717) is 11.4 Å². The third kappa shape index (κ3) is 1.86. The first-order chi connectivity index (χ1) is 8.78.